The molecule has 1 aliphatic rings. The molecule has 1 aliphatic heterocycles. The van der Waals surface area contributed by atoms with E-state index in [1.54, 1.807) is 13.2 Å². The number of fused-ring (bicyclic) bond motifs is 1. The SMILES string of the molecule is COCCOCCOC1(C=O)C=Cc2ccccc2N1. The van der Waals surface area contributed by atoms with Gasteiger partial charge in [-0.25, -0.2) is 0 Å². The molecule has 20 heavy (non-hydrogen) atoms. The Balaban J connectivity index is 1.87. The molecule has 1 N–H and O–H groups in total. The minimum atomic E-state index is -1.11. The predicted molar refractivity (Wildman–Crippen MR) is 76.5 cm³/mol. The van der Waals surface area contributed by atoms with Crippen LogP contribution in [0.25, 0.3) is 6.08 Å². The van der Waals surface area contributed by atoms with Gasteiger partial charge in [0.15, 0.2) is 6.29 Å². The Bertz CT molecular complexity index is 475. The highest BCUT2D eigenvalue weighted by atomic mass is 16.6. The molecule has 108 valence electrons. The van der Waals surface area contributed by atoms with Crippen LogP contribution in [-0.4, -0.2) is 45.5 Å². The van der Waals surface area contributed by atoms with Crippen LogP contribution >= 0.6 is 0 Å². The number of aldehydes is 1. The fraction of sp³-hybridized carbons (Fsp3) is 0.400. The van der Waals surface area contributed by atoms with Crippen molar-refractivity contribution in [3.05, 3.63) is 35.9 Å². The van der Waals surface area contributed by atoms with Gasteiger partial charge in [-0.15, -0.1) is 0 Å². The lowest BCUT2D eigenvalue weighted by atomic mass is 10.0. The molecule has 0 bridgehead atoms. The van der Waals surface area contributed by atoms with Crippen LogP contribution < -0.4 is 5.32 Å². The van der Waals surface area contributed by atoms with Crippen LogP contribution in [0.2, 0.25) is 0 Å². The third kappa shape index (κ3) is 3.66. The molecule has 0 aromatic heterocycles. The van der Waals surface area contributed by atoms with Crippen molar-refractivity contribution in [2.24, 2.45) is 0 Å². The van der Waals surface area contributed by atoms with Gasteiger partial charge in [-0.3, -0.25) is 4.79 Å². The number of carbonyl (C=O) groups excluding carboxylic acids is 1. The van der Waals surface area contributed by atoms with Crippen molar-refractivity contribution in [3.8, 4) is 0 Å². The highest BCUT2D eigenvalue weighted by Gasteiger charge is 2.30. The first-order valence-corrected chi connectivity index (χ1v) is 6.53. The predicted octanol–water partition coefficient (Wildman–Crippen LogP) is 1.70. The summed E-state index contributed by atoms with van der Waals surface area (Å²) in [5.74, 6) is 0. The molecule has 1 aromatic carbocycles. The second kappa shape index (κ2) is 7.19. The summed E-state index contributed by atoms with van der Waals surface area (Å²) >= 11 is 0. The van der Waals surface area contributed by atoms with E-state index in [-0.39, 0.29) is 0 Å². The molecule has 0 fully saturated rings. The minimum Gasteiger partial charge on any atom is -0.382 e. The molecule has 1 heterocycles. The average molecular weight is 277 g/mol. The Hall–Kier alpha value is -1.69. The van der Waals surface area contributed by atoms with E-state index >= 15 is 0 Å². The van der Waals surface area contributed by atoms with Gasteiger partial charge in [0.25, 0.3) is 0 Å². The number of carbonyl (C=O) groups is 1. The van der Waals surface area contributed by atoms with Crippen LogP contribution in [0.1, 0.15) is 5.56 Å². The maximum atomic E-state index is 11.4. The molecule has 1 atom stereocenters. The average Bonchev–Trinajstić information content (AvgIpc) is 2.50. The van der Waals surface area contributed by atoms with Gasteiger partial charge in [0.2, 0.25) is 5.72 Å². The van der Waals surface area contributed by atoms with Crippen LogP contribution in [0.4, 0.5) is 5.69 Å². The number of nitrogens with one attached hydrogen (secondary N) is 1. The van der Waals surface area contributed by atoms with Crippen LogP contribution in [0.5, 0.6) is 0 Å². The molecule has 0 aliphatic carbocycles. The maximum Gasteiger partial charge on any atom is 0.215 e. The largest absolute Gasteiger partial charge is 0.382 e. The summed E-state index contributed by atoms with van der Waals surface area (Å²) in [7, 11) is 1.62. The summed E-state index contributed by atoms with van der Waals surface area (Å²) in [5, 5.41) is 3.10. The van der Waals surface area contributed by atoms with Gasteiger partial charge in [-0.2, -0.15) is 0 Å². The van der Waals surface area contributed by atoms with E-state index < -0.39 is 5.72 Å². The third-order valence-electron chi connectivity index (χ3n) is 2.98. The molecule has 1 aromatic rings. The van der Waals surface area contributed by atoms with Crippen molar-refractivity contribution < 1.29 is 19.0 Å². The summed E-state index contributed by atoms with van der Waals surface area (Å²) in [5.41, 5.74) is 0.797. The first-order chi connectivity index (χ1) is 9.79. The Morgan fingerprint density at radius 1 is 1.20 bits per heavy atom. The fourth-order valence-electron chi connectivity index (χ4n) is 1.92. The molecule has 5 heteroatoms. The molecular weight excluding hydrogens is 258 g/mol. The van der Waals surface area contributed by atoms with Crippen molar-refractivity contribution >= 4 is 18.0 Å². The lowest BCUT2D eigenvalue weighted by molar-refractivity contribution is -0.124. The highest BCUT2D eigenvalue weighted by Crippen LogP contribution is 2.27. The molecule has 1 unspecified atom stereocenters. The molecule has 0 spiro atoms. The first kappa shape index (κ1) is 14.7. The normalized spacial score (nSPS) is 20.2. The number of hydrogen-bond donors (Lipinski definition) is 1. The van der Waals surface area contributed by atoms with Gasteiger partial charge in [-0.05, 0) is 17.7 Å². The number of ether oxygens (including phenoxy) is 3. The molecular formula is C15H19NO4. The molecule has 5 nitrogen and oxygen atoms in total. The van der Waals surface area contributed by atoms with E-state index in [0.29, 0.717) is 26.4 Å². The molecule has 0 amide bonds. The van der Waals surface area contributed by atoms with Gasteiger partial charge in [0.05, 0.1) is 26.4 Å². The van der Waals surface area contributed by atoms with Gasteiger partial charge < -0.3 is 19.5 Å². The Labute approximate surface area is 118 Å². The summed E-state index contributed by atoms with van der Waals surface area (Å²) < 4.78 is 15.8. The molecule has 0 saturated carbocycles. The zero-order valence-corrected chi connectivity index (χ0v) is 11.5. The lowest BCUT2D eigenvalue weighted by Gasteiger charge is -2.31. The van der Waals surface area contributed by atoms with Crippen molar-refractivity contribution in [3.63, 3.8) is 0 Å². The second-order valence-corrected chi connectivity index (χ2v) is 4.41. The maximum absolute atomic E-state index is 11.4. The summed E-state index contributed by atoms with van der Waals surface area (Å²) in [6.07, 6.45) is 4.36. The summed E-state index contributed by atoms with van der Waals surface area (Å²) in [6, 6.07) is 7.74. The second-order valence-electron chi connectivity index (χ2n) is 4.41. The lowest BCUT2D eigenvalue weighted by Crippen LogP contribution is -2.43. The highest BCUT2D eigenvalue weighted by molar-refractivity contribution is 5.82. The van der Waals surface area contributed by atoms with Crippen LogP contribution in [0, 0.1) is 0 Å². The topological polar surface area (TPSA) is 56.8 Å². The van der Waals surface area contributed by atoms with Crippen molar-refractivity contribution in [1.29, 1.82) is 0 Å². The first-order valence-electron chi connectivity index (χ1n) is 6.53. The van der Waals surface area contributed by atoms with Crippen molar-refractivity contribution in [1.82, 2.24) is 0 Å². The summed E-state index contributed by atoms with van der Waals surface area (Å²) in [6.45, 7) is 1.79. The molecule has 2 rings (SSSR count). The number of rotatable bonds is 8. The van der Waals surface area contributed by atoms with Gasteiger partial charge in [-0.1, -0.05) is 24.3 Å². The minimum absolute atomic E-state index is 0.321. The smallest absolute Gasteiger partial charge is 0.215 e. The number of hydrogen-bond acceptors (Lipinski definition) is 5. The van der Waals surface area contributed by atoms with E-state index in [4.69, 9.17) is 14.2 Å². The number of para-hydroxylation sites is 1. The number of benzene rings is 1. The van der Waals surface area contributed by atoms with Crippen LogP contribution in [0.15, 0.2) is 30.3 Å². The fourth-order valence-corrected chi connectivity index (χ4v) is 1.92. The Morgan fingerprint density at radius 3 is 2.80 bits per heavy atom. The zero-order valence-electron chi connectivity index (χ0n) is 11.5. The molecule has 0 radical (unpaired) electrons. The van der Waals surface area contributed by atoms with Crippen molar-refractivity contribution in [2.75, 3.05) is 38.9 Å². The van der Waals surface area contributed by atoms with Crippen molar-refractivity contribution in [2.45, 2.75) is 5.72 Å². The summed E-state index contributed by atoms with van der Waals surface area (Å²) in [4.78, 5) is 11.4. The third-order valence-corrected chi connectivity index (χ3v) is 2.98. The van der Waals surface area contributed by atoms with Gasteiger partial charge >= 0.3 is 0 Å². The number of anilines is 1. The van der Waals surface area contributed by atoms with E-state index in [0.717, 1.165) is 17.5 Å². The van der Waals surface area contributed by atoms with Gasteiger partial charge in [0.1, 0.15) is 0 Å². The van der Waals surface area contributed by atoms with E-state index in [1.165, 1.54) is 0 Å². The molecule has 0 saturated heterocycles. The van der Waals surface area contributed by atoms with E-state index in [2.05, 4.69) is 5.32 Å². The van der Waals surface area contributed by atoms with E-state index in [9.17, 15) is 4.79 Å². The quantitative estimate of drug-likeness (QED) is 0.579. The standard InChI is InChI=1S/C15H19NO4/c1-18-8-9-19-10-11-20-15(12-17)7-6-13-4-2-3-5-14(13)16-15/h2-7,12,16H,8-11H2,1H3. The number of methoxy groups -OCH3 is 1. The Kier molecular flexibility index (Phi) is 5.29. The Morgan fingerprint density at radius 2 is 2.00 bits per heavy atom. The monoisotopic (exact) mass is 277 g/mol. The van der Waals surface area contributed by atoms with Crippen LogP contribution in [-0.2, 0) is 19.0 Å². The van der Waals surface area contributed by atoms with Gasteiger partial charge in [0, 0.05) is 12.8 Å². The van der Waals surface area contributed by atoms with Crippen LogP contribution in [0.3, 0.4) is 0 Å². The zero-order chi connectivity index (χ0) is 14.3. The van der Waals surface area contributed by atoms with E-state index in [1.807, 2.05) is 30.3 Å².